The number of carbonyl (C=O) groups is 1. The number of hydrogen-bond acceptors (Lipinski definition) is 4. The monoisotopic (exact) mass is 442 g/mol. The summed E-state index contributed by atoms with van der Waals surface area (Å²) in [6.45, 7) is 8.05. The Hall–Kier alpha value is -1.38. The Labute approximate surface area is 155 Å². The first kappa shape index (κ1) is 17.4. The number of piperidine rings is 1. The summed E-state index contributed by atoms with van der Waals surface area (Å²) in [5.41, 5.74) is 1.60. The third-order valence-corrected chi connectivity index (χ3v) is 5.05. The summed E-state index contributed by atoms with van der Waals surface area (Å²) in [5.74, 6) is 0.516. The molecule has 24 heavy (non-hydrogen) atoms. The summed E-state index contributed by atoms with van der Waals surface area (Å²) >= 11 is 2.33. The van der Waals surface area contributed by atoms with Crippen LogP contribution < -0.4 is 0 Å². The van der Waals surface area contributed by atoms with Crippen molar-refractivity contribution in [2.75, 3.05) is 13.1 Å². The van der Waals surface area contributed by atoms with E-state index in [-0.39, 0.29) is 6.09 Å². The molecule has 0 aliphatic carbocycles. The first-order chi connectivity index (χ1) is 11.3. The van der Waals surface area contributed by atoms with E-state index >= 15 is 0 Å². The van der Waals surface area contributed by atoms with Crippen LogP contribution in [0.4, 0.5) is 4.79 Å². The average molecular weight is 442 g/mol. The maximum Gasteiger partial charge on any atom is 0.410 e. The lowest BCUT2D eigenvalue weighted by molar-refractivity contribution is 0.0177. The van der Waals surface area contributed by atoms with E-state index in [1.807, 2.05) is 44.1 Å². The Morgan fingerprint density at radius 1 is 1.38 bits per heavy atom. The molecule has 2 aromatic rings. The molecule has 7 heteroatoms. The van der Waals surface area contributed by atoms with Gasteiger partial charge in [0.15, 0.2) is 0 Å². The van der Waals surface area contributed by atoms with Crippen LogP contribution >= 0.6 is 22.6 Å². The van der Waals surface area contributed by atoms with Gasteiger partial charge in [-0.15, -0.1) is 0 Å². The highest BCUT2D eigenvalue weighted by Gasteiger charge is 2.27. The molecule has 0 bridgehead atoms. The Morgan fingerprint density at radius 2 is 2.08 bits per heavy atom. The standard InChI is InChI=1S/C17H23IN4O2/c1-17(2,3)24-16(23)21-8-5-12(6-9-21)11-22-15-13(18)4-7-19-14(15)10-20-22/h4,7,10,12H,5-6,8-9,11H2,1-3H3. The maximum absolute atomic E-state index is 12.1. The van der Waals surface area contributed by atoms with Crippen molar-refractivity contribution in [3.63, 3.8) is 0 Å². The van der Waals surface area contributed by atoms with Gasteiger partial charge in [-0.05, 0) is 68.2 Å². The van der Waals surface area contributed by atoms with E-state index in [0.29, 0.717) is 5.92 Å². The van der Waals surface area contributed by atoms with Crippen LogP contribution in [-0.4, -0.2) is 44.4 Å². The van der Waals surface area contributed by atoms with Crippen molar-refractivity contribution in [1.29, 1.82) is 0 Å². The number of amides is 1. The van der Waals surface area contributed by atoms with Crippen molar-refractivity contribution in [2.24, 2.45) is 5.92 Å². The average Bonchev–Trinajstić information content (AvgIpc) is 2.91. The van der Waals surface area contributed by atoms with Gasteiger partial charge in [0.1, 0.15) is 16.6 Å². The predicted octanol–water partition coefficient (Wildman–Crippen LogP) is 3.68. The second-order valence-corrected chi connectivity index (χ2v) is 8.43. The third kappa shape index (κ3) is 3.99. The van der Waals surface area contributed by atoms with Crippen molar-refractivity contribution >= 4 is 39.7 Å². The molecule has 1 amide bonds. The van der Waals surface area contributed by atoms with E-state index in [9.17, 15) is 4.79 Å². The SMILES string of the molecule is CC(C)(C)OC(=O)N1CCC(Cn2ncc3nccc(I)c32)CC1. The molecule has 1 fully saturated rings. The predicted molar refractivity (Wildman–Crippen MR) is 101 cm³/mol. The zero-order valence-corrected chi connectivity index (χ0v) is 16.5. The molecule has 0 spiro atoms. The third-order valence-electron chi connectivity index (χ3n) is 4.18. The Bertz CT molecular complexity index is 730. The Balaban J connectivity index is 1.60. The molecule has 3 heterocycles. The van der Waals surface area contributed by atoms with Gasteiger partial charge >= 0.3 is 6.09 Å². The van der Waals surface area contributed by atoms with E-state index in [1.54, 1.807) is 0 Å². The number of fused-ring (bicyclic) bond motifs is 1. The Morgan fingerprint density at radius 3 is 2.75 bits per heavy atom. The molecule has 0 N–H and O–H groups in total. The number of hydrogen-bond donors (Lipinski definition) is 0. The number of halogens is 1. The normalized spacial score (nSPS) is 16.6. The van der Waals surface area contributed by atoms with Crippen LogP contribution in [0.15, 0.2) is 18.5 Å². The molecule has 0 radical (unpaired) electrons. The second-order valence-electron chi connectivity index (χ2n) is 7.26. The van der Waals surface area contributed by atoms with Crippen LogP contribution in [0.25, 0.3) is 11.0 Å². The van der Waals surface area contributed by atoms with E-state index in [2.05, 4.69) is 37.4 Å². The molecule has 0 unspecified atom stereocenters. The van der Waals surface area contributed by atoms with Crippen molar-refractivity contribution in [3.05, 3.63) is 22.0 Å². The second kappa shape index (κ2) is 6.85. The highest BCUT2D eigenvalue weighted by Crippen LogP contribution is 2.24. The van der Waals surface area contributed by atoms with Crippen molar-refractivity contribution in [2.45, 2.75) is 45.8 Å². The van der Waals surface area contributed by atoms with E-state index < -0.39 is 5.60 Å². The van der Waals surface area contributed by atoms with E-state index in [0.717, 1.165) is 43.5 Å². The van der Waals surface area contributed by atoms with Crippen LogP contribution in [0.5, 0.6) is 0 Å². The van der Waals surface area contributed by atoms with Crippen molar-refractivity contribution in [3.8, 4) is 0 Å². The summed E-state index contributed by atoms with van der Waals surface area (Å²) in [6.07, 6.45) is 5.38. The molecule has 0 saturated carbocycles. The lowest BCUT2D eigenvalue weighted by Crippen LogP contribution is -2.42. The number of pyridine rings is 1. The fourth-order valence-electron chi connectivity index (χ4n) is 2.99. The van der Waals surface area contributed by atoms with Gasteiger partial charge in [-0.25, -0.2) is 4.79 Å². The summed E-state index contributed by atoms with van der Waals surface area (Å²) in [6, 6.07) is 2.01. The van der Waals surface area contributed by atoms with Gasteiger partial charge in [-0.1, -0.05) is 0 Å². The summed E-state index contributed by atoms with van der Waals surface area (Å²) in [5, 5.41) is 4.50. The first-order valence-corrected chi connectivity index (χ1v) is 9.35. The van der Waals surface area contributed by atoms with Crippen LogP contribution in [0.3, 0.4) is 0 Å². The highest BCUT2D eigenvalue weighted by atomic mass is 127. The molecule has 0 aromatic carbocycles. The van der Waals surface area contributed by atoms with Crippen molar-refractivity contribution < 1.29 is 9.53 Å². The molecule has 1 saturated heterocycles. The molecule has 1 aliphatic heterocycles. The molecule has 130 valence electrons. The minimum absolute atomic E-state index is 0.204. The minimum atomic E-state index is -0.439. The smallest absolute Gasteiger partial charge is 0.410 e. The molecule has 0 atom stereocenters. The fraction of sp³-hybridized carbons (Fsp3) is 0.588. The molecular formula is C17H23IN4O2. The molecule has 3 rings (SSSR count). The number of nitrogens with zero attached hydrogens (tertiary/aromatic N) is 4. The number of likely N-dealkylation sites (tertiary alicyclic amines) is 1. The van der Waals surface area contributed by atoms with Gasteiger partial charge in [0, 0.05) is 29.4 Å². The van der Waals surface area contributed by atoms with Crippen LogP contribution in [0.1, 0.15) is 33.6 Å². The number of rotatable bonds is 2. The highest BCUT2D eigenvalue weighted by molar-refractivity contribution is 14.1. The van der Waals surface area contributed by atoms with Gasteiger partial charge in [-0.3, -0.25) is 9.67 Å². The van der Waals surface area contributed by atoms with E-state index in [1.165, 1.54) is 3.57 Å². The largest absolute Gasteiger partial charge is 0.444 e. The van der Waals surface area contributed by atoms with E-state index in [4.69, 9.17) is 4.74 Å². The zero-order chi connectivity index (χ0) is 17.3. The fourth-order valence-corrected chi connectivity index (χ4v) is 3.70. The zero-order valence-electron chi connectivity index (χ0n) is 14.3. The van der Waals surface area contributed by atoms with Crippen LogP contribution in [0.2, 0.25) is 0 Å². The molecule has 2 aromatic heterocycles. The quantitative estimate of drug-likeness (QED) is 0.666. The van der Waals surface area contributed by atoms with Gasteiger partial charge in [0.2, 0.25) is 0 Å². The molecular weight excluding hydrogens is 419 g/mol. The minimum Gasteiger partial charge on any atom is -0.444 e. The van der Waals surface area contributed by atoms with Crippen LogP contribution in [0, 0.1) is 9.49 Å². The number of carbonyl (C=O) groups excluding carboxylic acids is 1. The molecule has 6 nitrogen and oxygen atoms in total. The van der Waals surface area contributed by atoms with Crippen LogP contribution in [-0.2, 0) is 11.3 Å². The first-order valence-electron chi connectivity index (χ1n) is 8.27. The summed E-state index contributed by atoms with van der Waals surface area (Å²) in [7, 11) is 0. The lowest BCUT2D eigenvalue weighted by Gasteiger charge is -2.33. The van der Waals surface area contributed by atoms with Crippen molar-refractivity contribution in [1.82, 2.24) is 19.7 Å². The van der Waals surface area contributed by atoms with Gasteiger partial charge in [0.05, 0.1) is 6.20 Å². The lowest BCUT2D eigenvalue weighted by atomic mass is 9.97. The summed E-state index contributed by atoms with van der Waals surface area (Å²) in [4.78, 5) is 18.3. The Kier molecular flexibility index (Phi) is 4.98. The van der Waals surface area contributed by atoms with Gasteiger partial charge in [-0.2, -0.15) is 5.10 Å². The topological polar surface area (TPSA) is 60.2 Å². The summed E-state index contributed by atoms with van der Waals surface area (Å²) < 4.78 is 8.67. The molecule has 1 aliphatic rings. The number of ether oxygens (including phenoxy) is 1. The number of aromatic nitrogens is 3. The van der Waals surface area contributed by atoms with Gasteiger partial charge in [0.25, 0.3) is 0 Å². The van der Waals surface area contributed by atoms with Gasteiger partial charge < -0.3 is 9.64 Å². The maximum atomic E-state index is 12.1.